The van der Waals surface area contributed by atoms with Gasteiger partial charge in [-0.2, -0.15) is 0 Å². The molecule has 0 bridgehead atoms. The van der Waals surface area contributed by atoms with E-state index in [2.05, 4.69) is 44.2 Å². The summed E-state index contributed by atoms with van der Waals surface area (Å²) in [6, 6.07) is 19.0. The summed E-state index contributed by atoms with van der Waals surface area (Å²) in [5.41, 5.74) is 5.36. The average Bonchev–Trinajstić information content (AvgIpc) is 3.13. The van der Waals surface area contributed by atoms with Crippen LogP contribution in [-0.4, -0.2) is 22.5 Å². The van der Waals surface area contributed by atoms with Crippen LogP contribution in [0.4, 0.5) is 5.69 Å². The molecule has 1 heterocycles. The fourth-order valence-corrected chi connectivity index (χ4v) is 3.58. The van der Waals surface area contributed by atoms with Gasteiger partial charge < -0.3 is 15.0 Å². The number of benzene rings is 3. The Labute approximate surface area is 177 Å². The minimum absolute atomic E-state index is 0.180. The number of H-pyrrole nitrogens is 1. The van der Waals surface area contributed by atoms with Crippen LogP contribution in [-0.2, 0) is 0 Å². The quantitative estimate of drug-likeness (QED) is 0.395. The van der Waals surface area contributed by atoms with Crippen LogP contribution in [0, 0.1) is 6.92 Å². The minimum Gasteiger partial charge on any atom is -0.493 e. The molecule has 0 atom stereocenters. The van der Waals surface area contributed by atoms with Gasteiger partial charge in [0.1, 0.15) is 11.6 Å². The highest BCUT2D eigenvalue weighted by molar-refractivity contribution is 9.10. The number of aromatic nitrogens is 2. The van der Waals surface area contributed by atoms with E-state index in [9.17, 15) is 4.79 Å². The summed E-state index contributed by atoms with van der Waals surface area (Å²) in [6.07, 6.45) is 0. The van der Waals surface area contributed by atoms with Crippen molar-refractivity contribution >= 4 is 38.6 Å². The highest BCUT2D eigenvalue weighted by Gasteiger charge is 2.10. The molecule has 0 fully saturated rings. The number of imidazole rings is 1. The molecule has 0 aliphatic heterocycles. The van der Waals surface area contributed by atoms with E-state index in [1.807, 2.05) is 43.3 Å². The first-order chi connectivity index (χ1) is 14.0. The van der Waals surface area contributed by atoms with Gasteiger partial charge in [0, 0.05) is 16.8 Å². The Bertz CT molecular complexity index is 1180. The zero-order chi connectivity index (χ0) is 20.4. The second-order valence-electron chi connectivity index (χ2n) is 6.72. The molecule has 4 rings (SSSR count). The normalized spacial score (nSPS) is 10.9. The van der Waals surface area contributed by atoms with E-state index in [1.54, 1.807) is 18.2 Å². The van der Waals surface area contributed by atoms with Crippen molar-refractivity contribution in [2.24, 2.45) is 0 Å². The second kappa shape index (κ2) is 8.09. The smallest absolute Gasteiger partial charge is 0.255 e. The number of halogens is 1. The summed E-state index contributed by atoms with van der Waals surface area (Å²) >= 11 is 3.44. The second-order valence-corrected chi connectivity index (χ2v) is 7.57. The predicted molar refractivity (Wildman–Crippen MR) is 120 cm³/mol. The number of nitrogens with zero attached hydrogens (tertiary/aromatic N) is 1. The van der Waals surface area contributed by atoms with Crippen molar-refractivity contribution in [2.75, 3.05) is 11.9 Å². The molecule has 1 aromatic heterocycles. The van der Waals surface area contributed by atoms with Crippen molar-refractivity contribution < 1.29 is 9.53 Å². The van der Waals surface area contributed by atoms with Crippen molar-refractivity contribution in [1.82, 2.24) is 9.97 Å². The summed E-state index contributed by atoms with van der Waals surface area (Å²) in [4.78, 5) is 20.5. The van der Waals surface area contributed by atoms with Crippen molar-refractivity contribution in [3.8, 4) is 17.1 Å². The molecule has 0 saturated carbocycles. The van der Waals surface area contributed by atoms with Gasteiger partial charge in [-0.05, 0) is 89.9 Å². The van der Waals surface area contributed by atoms with Crippen LogP contribution in [0.5, 0.6) is 5.75 Å². The highest BCUT2D eigenvalue weighted by atomic mass is 79.9. The topological polar surface area (TPSA) is 67.0 Å². The molecule has 0 saturated heterocycles. The lowest BCUT2D eigenvalue weighted by atomic mass is 10.1. The van der Waals surface area contributed by atoms with E-state index in [1.165, 1.54) is 5.56 Å². The Morgan fingerprint density at radius 3 is 2.62 bits per heavy atom. The fraction of sp³-hybridized carbons (Fsp3) is 0.130. The molecule has 0 spiro atoms. The van der Waals surface area contributed by atoms with Gasteiger partial charge in [-0.1, -0.05) is 6.07 Å². The Morgan fingerprint density at radius 2 is 1.90 bits per heavy atom. The molecule has 2 N–H and O–H groups in total. The standard InChI is InChI=1S/C23H20BrN3O2/c1-3-29-21-11-7-16(13-18(21)24)23(28)25-17-8-5-15(6-9-17)22-26-19-10-4-14(2)12-20(19)27-22/h4-13H,3H2,1-2H3,(H,25,28)(H,26,27). The van der Waals surface area contributed by atoms with Crippen molar-refractivity contribution in [3.63, 3.8) is 0 Å². The van der Waals surface area contributed by atoms with Crippen LogP contribution in [0.25, 0.3) is 22.4 Å². The lowest BCUT2D eigenvalue weighted by molar-refractivity contribution is 0.102. The number of aryl methyl sites for hydroxylation is 1. The number of anilines is 1. The molecule has 146 valence electrons. The van der Waals surface area contributed by atoms with E-state index in [0.717, 1.165) is 38.3 Å². The molecular formula is C23H20BrN3O2. The first kappa shape index (κ1) is 19.2. The number of hydrogen-bond donors (Lipinski definition) is 2. The number of hydrogen-bond acceptors (Lipinski definition) is 3. The van der Waals surface area contributed by atoms with Gasteiger partial charge in [0.25, 0.3) is 5.91 Å². The van der Waals surface area contributed by atoms with Crippen LogP contribution in [0.3, 0.4) is 0 Å². The molecule has 0 aliphatic rings. The maximum atomic E-state index is 12.5. The highest BCUT2D eigenvalue weighted by Crippen LogP contribution is 2.27. The van der Waals surface area contributed by atoms with Crippen LogP contribution < -0.4 is 10.1 Å². The first-order valence-corrected chi connectivity index (χ1v) is 10.1. The zero-order valence-electron chi connectivity index (χ0n) is 16.1. The average molecular weight is 450 g/mol. The molecule has 6 heteroatoms. The van der Waals surface area contributed by atoms with Gasteiger partial charge in [-0.15, -0.1) is 0 Å². The Hall–Kier alpha value is -3.12. The molecule has 0 aliphatic carbocycles. The molecule has 29 heavy (non-hydrogen) atoms. The monoisotopic (exact) mass is 449 g/mol. The number of rotatable bonds is 5. The summed E-state index contributed by atoms with van der Waals surface area (Å²) in [7, 11) is 0. The number of aromatic amines is 1. The number of amides is 1. The van der Waals surface area contributed by atoms with E-state index < -0.39 is 0 Å². The molecule has 3 aromatic carbocycles. The molecule has 0 radical (unpaired) electrons. The van der Waals surface area contributed by atoms with Gasteiger partial charge in [-0.25, -0.2) is 4.98 Å². The van der Waals surface area contributed by atoms with Gasteiger partial charge >= 0.3 is 0 Å². The van der Waals surface area contributed by atoms with E-state index in [4.69, 9.17) is 4.74 Å². The first-order valence-electron chi connectivity index (χ1n) is 9.34. The van der Waals surface area contributed by atoms with E-state index in [0.29, 0.717) is 12.2 Å². The molecule has 5 nitrogen and oxygen atoms in total. The number of ether oxygens (including phenoxy) is 1. The van der Waals surface area contributed by atoms with Crippen LogP contribution in [0.2, 0.25) is 0 Å². The number of nitrogens with one attached hydrogen (secondary N) is 2. The fourth-order valence-electron chi connectivity index (χ4n) is 3.09. The Morgan fingerprint density at radius 1 is 1.10 bits per heavy atom. The Balaban J connectivity index is 1.50. The largest absolute Gasteiger partial charge is 0.493 e. The van der Waals surface area contributed by atoms with Gasteiger partial charge in [-0.3, -0.25) is 4.79 Å². The maximum absolute atomic E-state index is 12.5. The lowest BCUT2D eigenvalue weighted by Crippen LogP contribution is -2.12. The minimum atomic E-state index is -0.180. The van der Waals surface area contributed by atoms with Gasteiger partial charge in [0.2, 0.25) is 0 Å². The van der Waals surface area contributed by atoms with Crippen molar-refractivity contribution in [2.45, 2.75) is 13.8 Å². The summed E-state index contributed by atoms with van der Waals surface area (Å²) in [6.45, 7) is 4.55. The van der Waals surface area contributed by atoms with Crippen molar-refractivity contribution in [1.29, 1.82) is 0 Å². The molecule has 1 amide bonds. The summed E-state index contributed by atoms with van der Waals surface area (Å²) in [5.74, 6) is 1.34. The molecule has 4 aromatic rings. The molecular weight excluding hydrogens is 430 g/mol. The molecule has 0 unspecified atom stereocenters. The van der Waals surface area contributed by atoms with Crippen LogP contribution in [0.15, 0.2) is 65.1 Å². The lowest BCUT2D eigenvalue weighted by Gasteiger charge is -2.09. The predicted octanol–water partition coefficient (Wildman–Crippen LogP) is 5.95. The van der Waals surface area contributed by atoms with Gasteiger partial charge in [0.05, 0.1) is 22.1 Å². The SMILES string of the molecule is CCOc1ccc(C(=O)Nc2ccc(-c3nc4ccc(C)cc4[nH]3)cc2)cc1Br. The van der Waals surface area contributed by atoms with Crippen LogP contribution in [0.1, 0.15) is 22.8 Å². The Kier molecular flexibility index (Phi) is 5.36. The van der Waals surface area contributed by atoms with Gasteiger partial charge in [0.15, 0.2) is 0 Å². The maximum Gasteiger partial charge on any atom is 0.255 e. The third kappa shape index (κ3) is 4.17. The number of carbonyl (C=O) groups excluding carboxylic acids is 1. The van der Waals surface area contributed by atoms with E-state index >= 15 is 0 Å². The van der Waals surface area contributed by atoms with Crippen LogP contribution >= 0.6 is 15.9 Å². The summed E-state index contributed by atoms with van der Waals surface area (Å²) in [5, 5.41) is 2.92. The van der Waals surface area contributed by atoms with Crippen molar-refractivity contribution in [3.05, 3.63) is 76.3 Å². The number of fused-ring (bicyclic) bond motifs is 1. The third-order valence-electron chi connectivity index (χ3n) is 4.55. The zero-order valence-corrected chi connectivity index (χ0v) is 17.7. The number of carbonyl (C=O) groups is 1. The summed E-state index contributed by atoms with van der Waals surface area (Å²) < 4.78 is 6.24. The van der Waals surface area contributed by atoms with E-state index in [-0.39, 0.29) is 5.91 Å². The third-order valence-corrected chi connectivity index (χ3v) is 5.17.